The summed E-state index contributed by atoms with van der Waals surface area (Å²) in [7, 11) is 0. The lowest BCUT2D eigenvalue weighted by Gasteiger charge is -2.25. The van der Waals surface area contributed by atoms with Crippen molar-refractivity contribution in [2.45, 2.75) is 38.5 Å². The second kappa shape index (κ2) is 12.1. The maximum Gasteiger partial charge on any atom is 0.0363 e. The molecule has 2 atom stereocenters. The monoisotopic (exact) mass is 524 g/mol. The van der Waals surface area contributed by atoms with E-state index in [0.29, 0.717) is 18.4 Å². The molecular formula is C38H40N2. The number of hydrogen-bond acceptors (Lipinski definition) is 2. The van der Waals surface area contributed by atoms with Crippen LogP contribution in [0.4, 0.5) is 0 Å². The van der Waals surface area contributed by atoms with Crippen LogP contribution in [-0.2, 0) is 0 Å². The van der Waals surface area contributed by atoms with Crippen LogP contribution in [0.25, 0.3) is 11.1 Å². The minimum Gasteiger partial charge on any atom is -0.387 e. The lowest BCUT2D eigenvalue weighted by atomic mass is 9.79. The summed E-state index contributed by atoms with van der Waals surface area (Å²) in [6.45, 7) is 5.54. The Kier molecular flexibility index (Phi) is 7.97. The number of fused-ring (bicyclic) bond motifs is 1. The predicted molar refractivity (Wildman–Crippen MR) is 170 cm³/mol. The van der Waals surface area contributed by atoms with Crippen LogP contribution in [0.5, 0.6) is 0 Å². The third kappa shape index (κ3) is 5.42. The number of nitrogens with one attached hydrogen (secondary N) is 1. The molecule has 0 saturated carbocycles. The molecule has 0 saturated heterocycles. The summed E-state index contributed by atoms with van der Waals surface area (Å²) in [5, 5.41) is 6.14. The molecule has 0 fully saturated rings. The van der Waals surface area contributed by atoms with Crippen LogP contribution in [-0.4, -0.2) is 13.1 Å². The Bertz CT molecular complexity index is 1590. The summed E-state index contributed by atoms with van der Waals surface area (Å²) in [5.74, 6) is 0.864. The zero-order valence-electron chi connectivity index (χ0n) is 23.4. The summed E-state index contributed by atoms with van der Waals surface area (Å²) in [5.41, 5.74) is 17.3. The fraction of sp³-hybridized carbons (Fsp3) is 0.263. The van der Waals surface area contributed by atoms with Crippen LogP contribution in [0.1, 0.15) is 38.5 Å². The first-order valence-electron chi connectivity index (χ1n) is 14.9. The van der Waals surface area contributed by atoms with Gasteiger partial charge < -0.3 is 11.1 Å². The van der Waals surface area contributed by atoms with E-state index in [9.17, 15) is 0 Å². The summed E-state index contributed by atoms with van der Waals surface area (Å²) in [4.78, 5) is 0. The molecule has 2 nitrogen and oxygen atoms in total. The van der Waals surface area contributed by atoms with Gasteiger partial charge in [-0.25, -0.2) is 0 Å². The van der Waals surface area contributed by atoms with Crippen molar-refractivity contribution in [3.63, 3.8) is 0 Å². The zero-order valence-corrected chi connectivity index (χ0v) is 23.4. The summed E-state index contributed by atoms with van der Waals surface area (Å²) < 4.78 is 0. The molecule has 1 aromatic rings. The van der Waals surface area contributed by atoms with Crippen molar-refractivity contribution in [1.29, 1.82) is 0 Å². The Balaban J connectivity index is 1.29. The standard InChI is InChI=1S/C38H40N2/c1-2-27(22-23-39)32-7-5-8-33(25-32)36-21-20-35(37-10-3-4-11-38(36)37)31-18-16-29(17-19-31)28-12-14-30(15-13-28)34-9-6-24-40-26-34/h2-6,8-14,16,18,22,24-25,30,32,40H,1,7,15,17,19-21,23,26,39H2/b27-22+. The molecule has 2 unspecified atom stereocenters. The van der Waals surface area contributed by atoms with Crippen molar-refractivity contribution in [3.8, 4) is 0 Å². The highest BCUT2D eigenvalue weighted by molar-refractivity contribution is 5.77. The minimum absolute atomic E-state index is 0.349. The van der Waals surface area contributed by atoms with Crippen molar-refractivity contribution in [2.75, 3.05) is 13.1 Å². The van der Waals surface area contributed by atoms with Gasteiger partial charge in [-0.1, -0.05) is 97.7 Å². The average molecular weight is 525 g/mol. The quantitative estimate of drug-likeness (QED) is 0.397. The molecule has 5 aliphatic rings. The normalized spacial score (nSPS) is 24.3. The molecule has 2 heteroatoms. The Morgan fingerprint density at radius 2 is 1.73 bits per heavy atom. The molecule has 0 spiro atoms. The van der Waals surface area contributed by atoms with E-state index < -0.39 is 0 Å². The topological polar surface area (TPSA) is 38.0 Å². The smallest absolute Gasteiger partial charge is 0.0363 e. The van der Waals surface area contributed by atoms with Gasteiger partial charge in [0.15, 0.2) is 0 Å². The van der Waals surface area contributed by atoms with Crippen LogP contribution < -0.4 is 21.5 Å². The van der Waals surface area contributed by atoms with Crippen LogP contribution in [0.3, 0.4) is 0 Å². The van der Waals surface area contributed by atoms with Crippen LogP contribution >= 0.6 is 0 Å². The van der Waals surface area contributed by atoms with Crippen molar-refractivity contribution in [1.82, 2.24) is 5.32 Å². The van der Waals surface area contributed by atoms with Gasteiger partial charge in [0.1, 0.15) is 0 Å². The van der Waals surface area contributed by atoms with E-state index >= 15 is 0 Å². The maximum absolute atomic E-state index is 5.83. The van der Waals surface area contributed by atoms with Gasteiger partial charge in [0.25, 0.3) is 0 Å². The largest absolute Gasteiger partial charge is 0.387 e. The Hall–Kier alpha value is -3.88. The zero-order chi connectivity index (χ0) is 27.3. The highest BCUT2D eigenvalue weighted by atomic mass is 14.8. The van der Waals surface area contributed by atoms with E-state index in [-0.39, 0.29) is 0 Å². The lowest BCUT2D eigenvalue weighted by Crippen LogP contribution is -2.33. The molecule has 0 radical (unpaired) electrons. The molecule has 0 aromatic heterocycles. The number of benzene rings is 1. The first-order valence-corrected chi connectivity index (χ1v) is 14.9. The third-order valence-corrected chi connectivity index (χ3v) is 8.95. The molecule has 202 valence electrons. The Labute approximate surface area is 239 Å². The van der Waals surface area contributed by atoms with E-state index in [1.165, 1.54) is 55.0 Å². The number of dihydropyridines is 1. The fourth-order valence-electron chi connectivity index (χ4n) is 6.79. The molecule has 4 aliphatic carbocycles. The Morgan fingerprint density at radius 3 is 2.42 bits per heavy atom. The summed E-state index contributed by atoms with van der Waals surface area (Å²) in [6, 6.07) is 9.03. The van der Waals surface area contributed by atoms with E-state index in [4.69, 9.17) is 5.73 Å². The van der Waals surface area contributed by atoms with E-state index in [1.54, 1.807) is 0 Å². The average Bonchev–Trinajstić information content (AvgIpc) is 3.04. The minimum atomic E-state index is 0.349. The van der Waals surface area contributed by atoms with Gasteiger partial charge in [0, 0.05) is 24.9 Å². The van der Waals surface area contributed by atoms with Crippen molar-refractivity contribution < 1.29 is 0 Å². The molecule has 0 bridgehead atoms. The van der Waals surface area contributed by atoms with Gasteiger partial charge in [0.05, 0.1) is 0 Å². The molecule has 1 aliphatic heterocycles. The van der Waals surface area contributed by atoms with Gasteiger partial charge in [-0.2, -0.15) is 0 Å². The van der Waals surface area contributed by atoms with E-state index in [0.717, 1.165) is 45.1 Å². The summed E-state index contributed by atoms with van der Waals surface area (Å²) in [6.07, 6.45) is 36.0. The molecule has 3 N–H and O–H groups in total. The van der Waals surface area contributed by atoms with Crippen LogP contribution in [0.15, 0.2) is 143 Å². The number of allylic oxidation sites excluding steroid dienone is 16. The SMILES string of the molecule is C=C/C(=C\CN)C1C=C(C2=c3ccccc3=C(C3=CC=C(C4=CCC(C5=CC=CNC5)C=C4)CC3)CC2)C=CC1. The number of nitrogens with two attached hydrogens (primary N) is 1. The van der Waals surface area contributed by atoms with E-state index in [1.807, 2.05) is 12.3 Å². The first kappa shape index (κ1) is 26.3. The predicted octanol–water partition coefficient (Wildman–Crippen LogP) is 6.55. The first-order chi connectivity index (χ1) is 19.7. The molecule has 1 aromatic carbocycles. The Morgan fingerprint density at radius 1 is 0.925 bits per heavy atom. The van der Waals surface area contributed by atoms with Crippen LogP contribution in [0, 0.1) is 11.8 Å². The van der Waals surface area contributed by atoms with Crippen molar-refractivity contribution in [3.05, 3.63) is 154 Å². The molecule has 6 rings (SSSR count). The van der Waals surface area contributed by atoms with E-state index in [2.05, 4.69) is 103 Å². The summed E-state index contributed by atoms with van der Waals surface area (Å²) >= 11 is 0. The van der Waals surface area contributed by atoms with Gasteiger partial charge in [-0.3, -0.25) is 0 Å². The van der Waals surface area contributed by atoms with Gasteiger partial charge >= 0.3 is 0 Å². The van der Waals surface area contributed by atoms with Crippen molar-refractivity contribution in [2.24, 2.45) is 17.6 Å². The second-order valence-corrected chi connectivity index (χ2v) is 11.2. The second-order valence-electron chi connectivity index (χ2n) is 11.2. The van der Waals surface area contributed by atoms with Gasteiger partial charge in [0.2, 0.25) is 0 Å². The fourth-order valence-corrected chi connectivity index (χ4v) is 6.79. The van der Waals surface area contributed by atoms with Crippen LogP contribution in [0.2, 0.25) is 0 Å². The number of hydrogen-bond donors (Lipinski definition) is 2. The number of rotatable bonds is 7. The molecule has 1 heterocycles. The van der Waals surface area contributed by atoms with Crippen molar-refractivity contribution >= 4 is 11.1 Å². The lowest BCUT2D eigenvalue weighted by molar-refractivity contribution is 0.709. The highest BCUT2D eigenvalue weighted by Crippen LogP contribution is 2.36. The highest BCUT2D eigenvalue weighted by Gasteiger charge is 2.21. The maximum atomic E-state index is 5.83. The van der Waals surface area contributed by atoms with Gasteiger partial charge in [-0.15, -0.1) is 0 Å². The molecule has 0 amide bonds. The molecule has 40 heavy (non-hydrogen) atoms. The third-order valence-electron chi connectivity index (χ3n) is 8.95. The molecular weight excluding hydrogens is 484 g/mol. The van der Waals surface area contributed by atoms with Gasteiger partial charge in [-0.05, 0) is 106 Å².